The van der Waals surface area contributed by atoms with Crippen molar-refractivity contribution in [2.75, 3.05) is 6.61 Å². The van der Waals surface area contributed by atoms with E-state index in [1.165, 1.54) is 0 Å². The number of aromatic amines is 1. The minimum absolute atomic E-state index is 0.118. The van der Waals surface area contributed by atoms with Gasteiger partial charge in [-0.3, -0.25) is 14.3 Å². The largest absolute Gasteiger partial charge is 0.459 e. The summed E-state index contributed by atoms with van der Waals surface area (Å²) in [5.74, 6) is -1.02. The number of carbonyl (C=O) groups excluding carboxylic acids is 2. The summed E-state index contributed by atoms with van der Waals surface area (Å²) in [5, 5.41) is 0. The van der Waals surface area contributed by atoms with Crippen LogP contribution in [0.2, 0.25) is 0 Å². The Hall–Kier alpha value is -3.56. The van der Waals surface area contributed by atoms with Gasteiger partial charge in [-0.25, -0.2) is 9.59 Å². The van der Waals surface area contributed by atoms with Crippen LogP contribution in [0, 0.1) is 11.7 Å². The summed E-state index contributed by atoms with van der Waals surface area (Å²) in [6.45, 7) is 1.54. The molecule has 3 aromatic rings. The van der Waals surface area contributed by atoms with Gasteiger partial charge in [-0.15, -0.1) is 0 Å². The van der Waals surface area contributed by atoms with E-state index in [1.54, 1.807) is 78.4 Å². The van der Waals surface area contributed by atoms with Crippen molar-refractivity contribution in [1.82, 2.24) is 9.55 Å². The molecule has 8 nitrogen and oxygen atoms in total. The van der Waals surface area contributed by atoms with Crippen LogP contribution in [0.25, 0.3) is 0 Å². The van der Waals surface area contributed by atoms with Crippen molar-refractivity contribution in [3.8, 4) is 0 Å². The number of H-pyrrole nitrogens is 1. The topological polar surface area (TPSA) is 99.6 Å². The maximum Gasteiger partial charge on any atom is 0.338 e. The quantitative estimate of drug-likeness (QED) is 0.438. The van der Waals surface area contributed by atoms with Gasteiger partial charge in [0.1, 0.15) is 25.0 Å². The molecule has 9 heteroatoms. The molecule has 3 atom stereocenters. The normalized spacial score (nSPS) is 19.7. The van der Waals surface area contributed by atoms with Gasteiger partial charge in [0.05, 0.1) is 11.1 Å². The van der Waals surface area contributed by atoms with Gasteiger partial charge < -0.3 is 14.2 Å². The second-order valence-electron chi connectivity index (χ2n) is 7.62. The first-order valence-corrected chi connectivity index (χ1v) is 10.8. The van der Waals surface area contributed by atoms with Crippen molar-refractivity contribution >= 4 is 24.2 Å². The Morgan fingerprint density at radius 2 is 1.67 bits per heavy atom. The predicted molar refractivity (Wildman–Crippen MR) is 122 cm³/mol. The van der Waals surface area contributed by atoms with E-state index in [0.29, 0.717) is 16.7 Å². The summed E-state index contributed by atoms with van der Waals surface area (Å²) in [6.07, 6.45) is -0.154. The average Bonchev–Trinajstić information content (AvgIpc) is 3.23. The molecule has 0 aliphatic carbocycles. The van der Waals surface area contributed by atoms with E-state index >= 15 is 0 Å². The molecule has 2 aromatic carbocycles. The first kappa shape index (κ1) is 22.6. The van der Waals surface area contributed by atoms with Crippen molar-refractivity contribution in [2.24, 2.45) is 0 Å². The van der Waals surface area contributed by atoms with Crippen molar-refractivity contribution in [3.05, 3.63) is 98.7 Å². The monoisotopic (exact) mass is 466 g/mol. The smallest absolute Gasteiger partial charge is 0.338 e. The molecule has 1 aliphatic rings. The molecule has 0 bridgehead atoms. The molecule has 1 aliphatic heterocycles. The van der Waals surface area contributed by atoms with E-state index in [-0.39, 0.29) is 23.4 Å². The second-order valence-corrected chi connectivity index (χ2v) is 8.00. The number of benzene rings is 2. The molecule has 1 aromatic heterocycles. The number of aromatic nitrogens is 2. The summed E-state index contributed by atoms with van der Waals surface area (Å²) < 4.78 is 19.0. The van der Waals surface area contributed by atoms with Gasteiger partial charge in [0.15, 0.2) is 4.77 Å². The van der Waals surface area contributed by atoms with E-state index in [2.05, 4.69) is 4.98 Å². The van der Waals surface area contributed by atoms with Crippen LogP contribution < -0.4 is 5.56 Å². The van der Waals surface area contributed by atoms with Crippen LogP contribution >= 0.6 is 12.2 Å². The Labute approximate surface area is 194 Å². The fourth-order valence-corrected chi connectivity index (χ4v) is 3.80. The third-order valence-electron chi connectivity index (χ3n) is 5.29. The van der Waals surface area contributed by atoms with Crippen LogP contribution in [-0.4, -0.2) is 40.3 Å². The van der Waals surface area contributed by atoms with Crippen molar-refractivity contribution < 1.29 is 23.8 Å². The number of nitrogens with one attached hydrogen (secondary N) is 1. The number of esters is 2. The van der Waals surface area contributed by atoms with Crippen LogP contribution in [0.15, 0.2) is 71.7 Å². The summed E-state index contributed by atoms with van der Waals surface area (Å²) in [5.41, 5.74) is 0.986. The molecule has 1 N–H and O–H groups in total. The Morgan fingerprint density at radius 3 is 2.30 bits per heavy atom. The van der Waals surface area contributed by atoms with E-state index in [1.807, 2.05) is 0 Å². The molecule has 1 saturated heterocycles. The van der Waals surface area contributed by atoms with Gasteiger partial charge in [0, 0.05) is 18.2 Å². The number of rotatable bonds is 6. The van der Waals surface area contributed by atoms with E-state index in [0.717, 1.165) is 0 Å². The third-order valence-corrected chi connectivity index (χ3v) is 5.61. The molecule has 0 spiro atoms. The highest BCUT2D eigenvalue weighted by atomic mass is 32.1. The van der Waals surface area contributed by atoms with E-state index < -0.39 is 30.4 Å². The molecule has 170 valence electrons. The van der Waals surface area contributed by atoms with Gasteiger partial charge in [-0.05, 0) is 43.4 Å². The standard InChI is InChI=1S/C24H22N2O6S/c1-15-13-26(24(33)25-21(15)27)20-12-18(32-23(29)17-10-6-3-7-11-17)19(31-20)14-30-22(28)16-8-4-2-5-9-16/h2-11,13,18-20H,12,14H2,1H3,(H,25,27,33)/t18-,19+,20-/m0/s1. The Bertz CT molecular complexity index is 1260. The van der Waals surface area contributed by atoms with Crippen LogP contribution in [-0.2, 0) is 14.2 Å². The Kier molecular flexibility index (Phi) is 6.81. The first-order chi connectivity index (χ1) is 15.9. The molecule has 2 heterocycles. The predicted octanol–water partition coefficient (Wildman–Crippen LogP) is 3.58. The molecular formula is C24H22N2O6S. The number of hydrogen-bond donors (Lipinski definition) is 1. The number of nitrogens with zero attached hydrogens (tertiary/aromatic N) is 1. The highest BCUT2D eigenvalue weighted by molar-refractivity contribution is 7.71. The average molecular weight is 467 g/mol. The van der Waals surface area contributed by atoms with E-state index in [4.69, 9.17) is 26.4 Å². The number of aryl methyl sites for hydroxylation is 1. The Morgan fingerprint density at radius 1 is 1.06 bits per heavy atom. The number of hydrogen-bond acceptors (Lipinski definition) is 7. The number of ether oxygens (including phenoxy) is 3. The fraction of sp³-hybridized carbons (Fsp3) is 0.250. The van der Waals surface area contributed by atoms with E-state index in [9.17, 15) is 14.4 Å². The third kappa shape index (κ3) is 5.27. The molecule has 0 amide bonds. The zero-order valence-electron chi connectivity index (χ0n) is 17.8. The molecular weight excluding hydrogens is 444 g/mol. The minimum Gasteiger partial charge on any atom is -0.459 e. The summed E-state index contributed by atoms with van der Waals surface area (Å²) in [7, 11) is 0. The summed E-state index contributed by atoms with van der Waals surface area (Å²) in [6, 6.07) is 17.2. The van der Waals surface area contributed by atoms with Crippen LogP contribution in [0.4, 0.5) is 0 Å². The fourth-order valence-electron chi connectivity index (χ4n) is 3.54. The first-order valence-electron chi connectivity index (χ1n) is 10.4. The van der Waals surface area contributed by atoms with Crippen LogP contribution in [0.3, 0.4) is 0 Å². The van der Waals surface area contributed by atoms with Crippen LogP contribution in [0.1, 0.15) is 38.9 Å². The lowest BCUT2D eigenvalue weighted by Crippen LogP contribution is -2.32. The molecule has 33 heavy (non-hydrogen) atoms. The van der Waals surface area contributed by atoms with Crippen LogP contribution in [0.5, 0.6) is 0 Å². The van der Waals surface area contributed by atoms with Crippen molar-refractivity contribution in [1.29, 1.82) is 0 Å². The zero-order valence-corrected chi connectivity index (χ0v) is 18.6. The minimum atomic E-state index is -0.718. The lowest BCUT2D eigenvalue weighted by atomic mass is 10.1. The van der Waals surface area contributed by atoms with Crippen molar-refractivity contribution in [3.63, 3.8) is 0 Å². The van der Waals surface area contributed by atoms with Gasteiger partial charge in [-0.1, -0.05) is 36.4 Å². The highest BCUT2D eigenvalue weighted by Gasteiger charge is 2.40. The molecule has 0 saturated carbocycles. The van der Waals surface area contributed by atoms with Gasteiger partial charge in [0.2, 0.25) is 0 Å². The Balaban J connectivity index is 1.53. The van der Waals surface area contributed by atoms with Gasteiger partial charge >= 0.3 is 11.9 Å². The SMILES string of the molecule is Cc1cn([C@@H]2C[C@H](OC(=O)c3ccccc3)[C@@H](COC(=O)c3ccccc3)O2)c(=S)[nH]c1=O. The van der Waals surface area contributed by atoms with Crippen molar-refractivity contribution in [2.45, 2.75) is 31.8 Å². The maximum absolute atomic E-state index is 12.7. The number of carbonyl (C=O) groups is 2. The zero-order chi connectivity index (χ0) is 23.4. The highest BCUT2D eigenvalue weighted by Crippen LogP contribution is 2.32. The summed E-state index contributed by atoms with van der Waals surface area (Å²) in [4.78, 5) is 39.5. The lowest BCUT2D eigenvalue weighted by Gasteiger charge is -2.19. The lowest BCUT2D eigenvalue weighted by molar-refractivity contribution is -0.0578. The van der Waals surface area contributed by atoms with Gasteiger partial charge in [-0.2, -0.15) is 0 Å². The summed E-state index contributed by atoms with van der Waals surface area (Å²) >= 11 is 5.28. The molecule has 4 rings (SSSR count). The maximum atomic E-state index is 12.7. The molecule has 0 radical (unpaired) electrons. The second kappa shape index (κ2) is 9.93. The molecule has 1 fully saturated rings. The molecule has 0 unspecified atom stereocenters. The van der Waals surface area contributed by atoms with Gasteiger partial charge in [0.25, 0.3) is 5.56 Å².